The summed E-state index contributed by atoms with van der Waals surface area (Å²) in [6.07, 6.45) is 2.69. The van der Waals surface area contributed by atoms with Gasteiger partial charge in [0.05, 0.1) is 24.1 Å². The van der Waals surface area contributed by atoms with Gasteiger partial charge in [-0.25, -0.2) is 14.8 Å². The van der Waals surface area contributed by atoms with Crippen molar-refractivity contribution in [2.24, 2.45) is 10.2 Å². The fraction of sp³-hybridized carbons (Fsp3) is 0.350. The number of nitrogens with zero attached hydrogens (tertiary/aromatic N) is 5. The van der Waals surface area contributed by atoms with E-state index in [1.165, 1.54) is 22.6 Å². The highest BCUT2D eigenvalue weighted by atomic mass is 32.1. The number of rotatable bonds is 6. The fourth-order valence-electron chi connectivity index (χ4n) is 2.37. The number of oxazole rings is 1. The van der Waals surface area contributed by atoms with Gasteiger partial charge in [0.1, 0.15) is 17.2 Å². The minimum atomic E-state index is -0.522. The van der Waals surface area contributed by atoms with Crippen LogP contribution < -0.4 is 0 Å². The van der Waals surface area contributed by atoms with E-state index < -0.39 is 5.60 Å². The molecule has 2 aromatic heterocycles. The first-order valence-electron chi connectivity index (χ1n) is 9.04. The third-order valence-corrected chi connectivity index (χ3v) is 4.56. The van der Waals surface area contributed by atoms with E-state index in [0.717, 1.165) is 22.0 Å². The highest BCUT2D eigenvalue weighted by Gasteiger charge is 2.20. The van der Waals surface area contributed by atoms with Crippen LogP contribution in [0.2, 0.25) is 0 Å². The summed E-state index contributed by atoms with van der Waals surface area (Å²) < 4.78 is 10.6. The minimum Gasteiger partial charge on any atom is -0.444 e. The second kappa shape index (κ2) is 8.95. The molecule has 0 saturated heterocycles. The highest BCUT2D eigenvalue weighted by Crippen LogP contribution is 2.22. The minimum absolute atomic E-state index is 0.375. The number of carbonyl (C=O) groups excluding carboxylic acids is 1. The van der Waals surface area contributed by atoms with E-state index in [0.29, 0.717) is 18.8 Å². The molecule has 1 amide bonds. The summed E-state index contributed by atoms with van der Waals surface area (Å²) >= 11 is 1.49. The predicted molar refractivity (Wildman–Crippen MR) is 110 cm³/mol. The largest absolute Gasteiger partial charge is 0.444 e. The summed E-state index contributed by atoms with van der Waals surface area (Å²) in [6.45, 7) is 6.28. The zero-order chi connectivity index (χ0) is 20.9. The first-order chi connectivity index (χ1) is 13.8. The van der Waals surface area contributed by atoms with Crippen molar-refractivity contribution in [2.45, 2.75) is 39.5 Å². The van der Waals surface area contributed by atoms with Crippen LogP contribution in [-0.2, 0) is 17.8 Å². The molecule has 0 aliphatic heterocycles. The monoisotopic (exact) mass is 413 g/mol. The molecule has 3 rings (SSSR count). The van der Waals surface area contributed by atoms with Gasteiger partial charge >= 0.3 is 6.09 Å². The third kappa shape index (κ3) is 6.21. The van der Waals surface area contributed by atoms with Crippen molar-refractivity contribution in [3.05, 3.63) is 52.9 Å². The Balaban J connectivity index is 1.52. The highest BCUT2D eigenvalue weighted by molar-refractivity contribution is 7.09. The number of carbonyl (C=O) groups is 1. The molecule has 8 nitrogen and oxygen atoms in total. The molecule has 0 fully saturated rings. The number of hydrogen-bond acceptors (Lipinski definition) is 8. The van der Waals surface area contributed by atoms with Crippen LogP contribution in [0.3, 0.4) is 0 Å². The van der Waals surface area contributed by atoms with Gasteiger partial charge in [-0.1, -0.05) is 0 Å². The maximum absolute atomic E-state index is 12.0. The summed E-state index contributed by atoms with van der Waals surface area (Å²) in [4.78, 5) is 21.9. The fourth-order valence-corrected chi connectivity index (χ4v) is 3.07. The number of aromatic nitrogens is 2. The lowest BCUT2D eigenvalue weighted by molar-refractivity contribution is 0.0283. The normalized spacial score (nSPS) is 11.7. The van der Waals surface area contributed by atoms with E-state index in [4.69, 9.17) is 9.15 Å². The molecule has 29 heavy (non-hydrogen) atoms. The lowest BCUT2D eigenvalue weighted by Crippen LogP contribution is -2.33. The summed E-state index contributed by atoms with van der Waals surface area (Å²) in [5.74, 6) is 0.708. The topological polar surface area (TPSA) is 93.2 Å². The molecule has 0 N–H and O–H groups in total. The van der Waals surface area contributed by atoms with Crippen molar-refractivity contribution in [2.75, 3.05) is 7.05 Å². The maximum Gasteiger partial charge on any atom is 0.410 e. The van der Waals surface area contributed by atoms with Gasteiger partial charge in [-0.05, 0) is 45.0 Å². The molecule has 152 valence electrons. The molecular weight excluding hydrogens is 390 g/mol. The average molecular weight is 414 g/mol. The lowest BCUT2D eigenvalue weighted by atomic mass is 10.2. The lowest BCUT2D eigenvalue weighted by Gasteiger charge is -2.24. The molecule has 0 bridgehead atoms. The van der Waals surface area contributed by atoms with Crippen molar-refractivity contribution in [1.29, 1.82) is 0 Å². The van der Waals surface area contributed by atoms with E-state index in [-0.39, 0.29) is 6.09 Å². The smallest absolute Gasteiger partial charge is 0.410 e. The van der Waals surface area contributed by atoms with Crippen LogP contribution >= 0.6 is 11.3 Å². The first-order valence-corrected chi connectivity index (χ1v) is 9.92. The van der Waals surface area contributed by atoms with Crippen molar-refractivity contribution in [1.82, 2.24) is 14.9 Å². The van der Waals surface area contributed by atoms with E-state index >= 15 is 0 Å². The molecule has 9 heteroatoms. The molecule has 0 aliphatic rings. The number of azo groups is 1. The molecule has 0 atom stereocenters. The Morgan fingerprint density at radius 2 is 2.03 bits per heavy atom. The first kappa shape index (κ1) is 20.7. The van der Waals surface area contributed by atoms with Crippen molar-refractivity contribution < 1.29 is 13.9 Å². The molecule has 1 aromatic carbocycles. The Morgan fingerprint density at radius 3 is 2.69 bits per heavy atom. The Labute approximate surface area is 173 Å². The average Bonchev–Trinajstić information content (AvgIpc) is 3.33. The second-order valence-corrected chi connectivity index (χ2v) is 8.32. The number of thiazole rings is 1. The van der Waals surface area contributed by atoms with Gasteiger partial charge in [0, 0.05) is 18.0 Å². The van der Waals surface area contributed by atoms with Crippen LogP contribution in [0.15, 0.2) is 56.9 Å². The Morgan fingerprint density at radius 1 is 1.28 bits per heavy atom. The van der Waals surface area contributed by atoms with Crippen LogP contribution in [0, 0.1) is 0 Å². The summed E-state index contributed by atoms with van der Waals surface area (Å²) in [6, 6.07) is 7.54. The van der Waals surface area contributed by atoms with Crippen LogP contribution in [0.4, 0.5) is 10.5 Å². The molecule has 0 radical (unpaired) electrons. The number of hydrogen-bond donors (Lipinski definition) is 0. The van der Waals surface area contributed by atoms with Crippen LogP contribution in [0.25, 0.3) is 11.3 Å². The molecule has 0 saturated carbocycles. The zero-order valence-corrected chi connectivity index (χ0v) is 17.6. The summed E-state index contributed by atoms with van der Waals surface area (Å²) in [5, 5.41) is 11.2. The molecule has 0 unspecified atom stereocenters. The standard InChI is InChI=1S/C20H23N5O3S/c1-20(2,3)28-19(26)25(4)11-16-12-29-18(23-16)10-22-24-15-7-5-14(6-8-15)17-9-21-13-27-17/h5-9,12-13H,10-11H2,1-4H3. The number of benzene rings is 1. The zero-order valence-electron chi connectivity index (χ0n) is 16.8. The van der Waals surface area contributed by atoms with Crippen molar-refractivity contribution in [3.8, 4) is 11.3 Å². The second-order valence-electron chi connectivity index (χ2n) is 7.38. The van der Waals surface area contributed by atoms with E-state index in [1.807, 2.05) is 50.4 Å². The van der Waals surface area contributed by atoms with Crippen LogP contribution in [0.1, 0.15) is 31.5 Å². The predicted octanol–water partition coefficient (Wildman–Crippen LogP) is 5.45. The van der Waals surface area contributed by atoms with Gasteiger partial charge < -0.3 is 14.1 Å². The van der Waals surface area contributed by atoms with Crippen molar-refractivity contribution >= 4 is 23.1 Å². The maximum atomic E-state index is 12.0. The Kier molecular flexibility index (Phi) is 6.38. The van der Waals surface area contributed by atoms with E-state index in [2.05, 4.69) is 20.2 Å². The quantitative estimate of drug-likeness (QED) is 0.501. The third-order valence-electron chi connectivity index (χ3n) is 3.68. The molecular formula is C20H23N5O3S. The van der Waals surface area contributed by atoms with Crippen LogP contribution in [0.5, 0.6) is 0 Å². The van der Waals surface area contributed by atoms with Gasteiger partial charge in [-0.15, -0.1) is 11.3 Å². The Bertz CT molecular complexity index is 959. The van der Waals surface area contributed by atoms with E-state index in [1.54, 1.807) is 13.2 Å². The number of ether oxygens (including phenoxy) is 1. The molecule has 0 spiro atoms. The number of amides is 1. The molecule has 3 aromatic rings. The van der Waals surface area contributed by atoms with Gasteiger partial charge in [0.15, 0.2) is 12.2 Å². The Hall–Kier alpha value is -3.07. The van der Waals surface area contributed by atoms with E-state index in [9.17, 15) is 4.79 Å². The summed E-state index contributed by atoms with van der Waals surface area (Å²) in [5.41, 5.74) is 1.95. The molecule has 0 aliphatic carbocycles. The van der Waals surface area contributed by atoms with Crippen LogP contribution in [-0.4, -0.2) is 33.6 Å². The molecule has 2 heterocycles. The van der Waals surface area contributed by atoms with Gasteiger partial charge in [-0.2, -0.15) is 10.2 Å². The van der Waals surface area contributed by atoms with Gasteiger partial charge in [-0.3, -0.25) is 0 Å². The SMILES string of the molecule is CN(Cc1csc(CN=Nc2ccc(-c3cnco3)cc2)n1)C(=O)OC(C)(C)C. The summed E-state index contributed by atoms with van der Waals surface area (Å²) in [7, 11) is 1.69. The van der Waals surface area contributed by atoms with Crippen molar-refractivity contribution in [3.63, 3.8) is 0 Å². The van der Waals surface area contributed by atoms with Gasteiger partial charge in [0.25, 0.3) is 0 Å². The van der Waals surface area contributed by atoms with Gasteiger partial charge in [0.2, 0.25) is 0 Å².